The summed E-state index contributed by atoms with van der Waals surface area (Å²) >= 11 is 0. The van der Waals surface area contributed by atoms with Crippen LogP contribution in [0.1, 0.15) is 50.0 Å². The number of aromatic nitrogens is 2. The molecule has 2 amide bonds. The van der Waals surface area contributed by atoms with Gasteiger partial charge in [-0.15, -0.1) is 0 Å². The molecule has 1 saturated carbocycles. The second-order valence-electron chi connectivity index (χ2n) is 10.1. The van der Waals surface area contributed by atoms with Gasteiger partial charge in [-0.25, -0.2) is 9.97 Å². The first-order valence-corrected chi connectivity index (χ1v) is 12.8. The third-order valence-electron chi connectivity index (χ3n) is 7.62. The summed E-state index contributed by atoms with van der Waals surface area (Å²) in [6.45, 7) is 1.30. The van der Waals surface area contributed by atoms with Crippen molar-refractivity contribution in [3.05, 3.63) is 54.4 Å². The van der Waals surface area contributed by atoms with E-state index >= 15 is 0 Å². The first-order chi connectivity index (χ1) is 17.6. The van der Waals surface area contributed by atoms with Crippen molar-refractivity contribution in [2.24, 2.45) is 0 Å². The minimum Gasteiger partial charge on any atom is -0.474 e. The molecule has 36 heavy (non-hydrogen) atoms. The topological polar surface area (TPSA) is 87.7 Å². The van der Waals surface area contributed by atoms with Gasteiger partial charge in [0.05, 0.1) is 17.9 Å². The lowest BCUT2D eigenvalue weighted by atomic mass is 9.98. The van der Waals surface area contributed by atoms with Gasteiger partial charge >= 0.3 is 0 Å². The van der Waals surface area contributed by atoms with E-state index in [0.29, 0.717) is 31.2 Å². The lowest BCUT2D eigenvalue weighted by Crippen LogP contribution is -2.40. The molecule has 182 valence electrons. The SMILES string of the molecule is O=C1CCCN1c1ccc(-c2cnc(Nc3cnc4c(c3)N3C(=O)CCC3CO4)cc2C2CC2)cc1. The smallest absolute Gasteiger partial charge is 0.238 e. The Kier molecular flexibility index (Phi) is 4.94. The van der Waals surface area contributed by atoms with Crippen LogP contribution in [0.4, 0.5) is 22.9 Å². The number of hydrogen-bond donors (Lipinski definition) is 1. The van der Waals surface area contributed by atoms with Crippen LogP contribution in [0.25, 0.3) is 11.1 Å². The number of fused-ring (bicyclic) bond motifs is 3. The molecule has 1 unspecified atom stereocenters. The fourth-order valence-electron chi connectivity index (χ4n) is 5.60. The normalized spacial score (nSPS) is 20.8. The number of carbonyl (C=O) groups is 2. The fourth-order valence-corrected chi connectivity index (χ4v) is 5.60. The second kappa shape index (κ2) is 8.33. The third kappa shape index (κ3) is 3.68. The molecule has 3 aromatic rings. The van der Waals surface area contributed by atoms with E-state index in [1.807, 2.05) is 34.2 Å². The van der Waals surface area contributed by atoms with Gasteiger partial charge < -0.3 is 19.9 Å². The van der Waals surface area contributed by atoms with Crippen molar-refractivity contribution < 1.29 is 14.3 Å². The van der Waals surface area contributed by atoms with Crippen LogP contribution in [0.15, 0.2) is 48.8 Å². The van der Waals surface area contributed by atoms with Crippen LogP contribution in [0.2, 0.25) is 0 Å². The number of nitrogens with zero attached hydrogens (tertiary/aromatic N) is 4. The van der Waals surface area contributed by atoms with Crippen LogP contribution in [-0.2, 0) is 9.59 Å². The molecule has 1 aromatic carbocycles. The van der Waals surface area contributed by atoms with Crippen LogP contribution in [0.3, 0.4) is 0 Å². The average Bonchev–Trinajstić information content (AvgIpc) is 3.56. The largest absolute Gasteiger partial charge is 0.474 e. The van der Waals surface area contributed by atoms with E-state index in [2.05, 4.69) is 28.5 Å². The van der Waals surface area contributed by atoms with Gasteiger partial charge in [0, 0.05) is 36.8 Å². The van der Waals surface area contributed by atoms with Crippen molar-refractivity contribution in [3.8, 4) is 17.0 Å². The summed E-state index contributed by atoms with van der Waals surface area (Å²) < 4.78 is 5.79. The summed E-state index contributed by atoms with van der Waals surface area (Å²) in [5, 5.41) is 3.39. The zero-order chi connectivity index (χ0) is 24.2. The third-order valence-corrected chi connectivity index (χ3v) is 7.62. The lowest BCUT2D eigenvalue weighted by molar-refractivity contribution is -0.118. The van der Waals surface area contributed by atoms with Crippen molar-refractivity contribution in [2.75, 3.05) is 28.3 Å². The van der Waals surface area contributed by atoms with Crippen molar-refractivity contribution in [1.29, 1.82) is 0 Å². The van der Waals surface area contributed by atoms with Crippen LogP contribution in [0, 0.1) is 0 Å². The Morgan fingerprint density at radius 1 is 0.944 bits per heavy atom. The summed E-state index contributed by atoms with van der Waals surface area (Å²) in [4.78, 5) is 37.4. The Morgan fingerprint density at radius 2 is 1.81 bits per heavy atom. The molecule has 0 radical (unpaired) electrons. The average molecular weight is 482 g/mol. The maximum atomic E-state index is 12.4. The van der Waals surface area contributed by atoms with Gasteiger partial charge in [-0.3, -0.25) is 9.59 Å². The Labute approximate surface area is 209 Å². The van der Waals surface area contributed by atoms with Crippen molar-refractivity contribution in [2.45, 2.75) is 50.5 Å². The van der Waals surface area contributed by atoms with E-state index in [9.17, 15) is 9.59 Å². The highest BCUT2D eigenvalue weighted by Crippen LogP contribution is 2.45. The molecule has 2 saturated heterocycles. The van der Waals surface area contributed by atoms with Gasteiger partial charge in [-0.1, -0.05) is 12.1 Å². The first kappa shape index (κ1) is 21.4. The first-order valence-electron chi connectivity index (χ1n) is 12.8. The number of rotatable bonds is 5. The molecule has 8 nitrogen and oxygen atoms in total. The van der Waals surface area contributed by atoms with Gasteiger partial charge in [0.2, 0.25) is 17.7 Å². The molecule has 1 N–H and O–H groups in total. The summed E-state index contributed by atoms with van der Waals surface area (Å²) in [7, 11) is 0. The molecule has 0 spiro atoms. The zero-order valence-electron chi connectivity index (χ0n) is 19.9. The van der Waals surface area contributed by atoms with E-state index in [4.69, 9.17) is 9.72 Å². The highest BCUT2D eigenvalue weighted by molar-refractivity contribution is 5.98. The molecule has 1 aliphatic carbocycles. The van der Waals surface area contributed by atoms with E-state index in [0.717, 1.165) is 53.4 Å². The predicted molar refractivity (Wildman–Crippen MR) is 137 cm³/mol. The number of carbonyl (C=O) groups excluding carboxylic acids is 2. The van der Waals surface area contributed by atoms with Crippen molar-refractivity contribution in [1.82, 2.24) is 9.97 Å². The standard InChI is InChI=1S/C28H27N5O3/c34-26-2-1-11-32(26)20-7-5-18(6-8-20)23-15-29-25(13-22(23)17-3-4-17)31-19-12-24-28(30-14-19)36-16-21-9-10-27(35)33(21)24/h5-8,12-15,17,21H,1-4,9-11,16H2,(H,29,31). The van der Waals surface area contributed by atoms with E-state index in [-0.39, 0.29) is 17.9 Å². The highest BCUT2D eigenvalue weighted by atomic mass is 16.5. The van der Waals surface area contributed by atoms with Gasteiger partial charge in [0.25, 0.3) is 0 Å². The molecule has 5 heterocycles. The minimum atomic E-state index is 0.0934. The number of pyridine rings is 2. The van der Waals surface area contributed by atoms with E-state index < -0.39 is 0 Å². The molecular formula is C28H27N5O3. The number of ether oxygens (including phenoxy) is 1. The molecule has 2 aromatic heterocycles. The number of benzene rings is 1. The maximum absolute atomic E-state index is 12.4. The van der Waals surface area contributed by atoms with Crippen LogP contribution in [-0.4, -0.2) is 41.0 Å². The summed E-state index contributed by atoms with van der Waals surface area (Å²) in [6.07, 6.45) is 8.93. The Balaban J connectivity index is 1.16. The molecule has 3 fully saturated rings. The molecule has 0 bridgehead atoms. The number of hydrogen-bond acceptors (Lipinski definition) is 6. The molecule has 1 atom stereocenters. The molecule has 7 rings (SSSR count). The van der Waals surface area contributed by atoms with E-state index in [1.54, 1.807) is 6.20 Å². The Morgan fingerprint density at radius 3 is 2.58 bits per heavy atom. The summed E-state index contributed by atoms with van der Waals surface area (Å²) in [5.41, 5.74) is 5.99. The van der Waals surface area contributed by atoms with Gasteiger partial charge in [0.15, 0.2) is 0 Å². The Bertz CT molecular complexity index is 1370. The fraction of sp³-hybridized carbons (Fsp3) is 0.357. The van der Waals surface area contributed by atoms with Crippen molar-refractivity contribution in [3.63, 3.8) is 0 Å². The van der Waals surface area contributed by atoms with Crippen LogP contribution in [0.5, 0.6) is 5.88 Å². The van der Waals surface area contributed by atoms with E-state index in [1.165, 1.54) is 18.4 Å². The minimum absolute atomic E-state index is 0.0934. The van der Waals surface area contributed by atoms with Gasteiger partial charge in [-0.05, 0) is 67.0 Å². The molecule has 4 aliphatic rings. The molecule has 3 aliphatic heterocycles. The van der Waals surface area contributed by atoms with Crippen molar-refractivity contribution >= 4 is 34.7 Å². The number of anilines is 4. The second-order valence-corrected chi connectivity index (χ2v) is 10.1. The lowest BCUT2D eigenvalue weighted by Gasteiger charge is -2.31. The molecule has 8 heteroatoms. The van der Waals surface area contributed by atoms with Crippen LogP contribution < -0.4 is 19.9 Å². The maximum Gasteiger partial charge on any atom is 0.238 e. The number of amides is 2. The van der Waals surface area contributed by atoms with Crippen LogP contribution >= 0.6 is 0 Å². The molecular weight excluding hydrogens is 454 g/mol. The number of nitrogens with one attached hydrogen (secondary N) is 1. The zero-order valence-corrected chi connectivity index (χ0v) is 19.9. The van der Waals surface area contributed by atoms with Gasteiger partial charge in [-0.2, -0.15) is 0 Å². The summed E-state index contributed by atoms with van der Waals surface area (Å²) in [6, 6.07) is 12.4. The monoisotopic (exact) mass is 481 g/mol. The Hall–Kier alpha value is -3.94. The highest BCUT2D eigenvalue weighted by Gasteiger charge is 2.38. The predicted octanol–water partition coefficient (Wildman–Crippen LogP) is 4.78. The van der Waals surface area contributed by atoms with Gasteiger partial charge in [0.1, 0.15) is 18.1 Å². The summed E-state index contributed by atoms with van der Waals surface area (Å²) in [5.74, 6) is 2.12. The quantitative estimate of drug-likeness (QED) is 0.564.